The van der Waals surface area contributed by atoms with Crippen molar-refractivity contribution in [2.45, 2.75) is 46.0 Å². The first-order valence-corrected chi connectivity index (χ1v) is 6.61. The Morgan fingerprint density at radius 2 is 2.27 bits per heavy atom. The Kier molecular flexibility index (Phi) is 6.00. The van der Waals surface area contributed by atoms with Gasteiger partial charge in [-0.25, -0.2) is 0 Å². The fraction of sp³-hybridized carbons (Fsp3) is 0.857. The number of piperidine rings is 1. The molecule has 2 unspecified atom stereocenters. The molecule has 0 radical (unpaired) electrons. The highest BCUT2D eigenvalue weighted by atomic mass is 15.1. The Morgan fingerprint density at radius 3 is 2.87 bits per heavy atom. The molecular formula is C14H27N. The molecule has 1 fully saturated rings. The van der Waals surface area contributed by atoms with E-state index < -0.39 is 0 Å². The van der Waals surface area contributed by atoms with E-state index in [2.05, 4.69) is 25.3 Å². The zero-order valence-electron chi connectivity index (χ0n) is 10.5. The van der Waals surface area contributed by atoms with Crippen molar-refractivity contribution < 1.29 is 0 Å². The molecule has 0 spiro atoms. The van der Waals surface area contributed by atoms with Crippen LogP contribution in [0.3, 0.4) is 0 Å². The number of nitrogens with zero attached hydrogens (tertiary/aromatic N) is 1. The van der Waals surface area contributed by atoms with Gasteiger partial charge in [0.25, 0.3) is 0 Å². The van der Waals surface area contributed by atoms with E-state index in [4.69, 9.17) is 0 Å². The molecule has 0 bridgehead atoms. The first-order valence-electron chi connectivity index (χ1n) is 6.61. The van der Waals surface area contributed by atoms with Crippen LogP contribution in [0.25, 0.3) is 0 Å². The second-order valence-corrected chi connectivity index (χ2v) is 5.05. The van der Waals surface area contributed by atoms with Crippen molar-refractivity contribution in [3.63, 3.8) is 0 Å². The number of hydrogen-bond acceptors (Lipinski definition) is 1. The highest BCUT2D eigenvalue weighted by Crippen LogP contribution is 2.27. The van der Waals surface area contributed by atoms with Gasteiger partial charge in [0.15, 0.2) is 0 Å². The molecule has 0 N–H and O–H groups in total. The lowest BCUT2D eigenvalue weighted by Gasteiger charge is -2.37. The number of likely N-dealkylation sites (tertiary alicyclic amines) is 1. The minimum absolute atomic E-state index is 0.898. The molecule has 88 valence electrons. The minimum Gasteiger partial charge on any atom is -0.303 e. The predicted molar refractivity (Wildman–Crippen MR) is 68.1 cm³/mol. The highest BCUT2D eigenvalue weighted by molar-refractivity contribution is 4.79. The van der Waals surface area contributed by atoms with Crippen molar-refractivity contribution in [3.8, 4) is 0 Å². The van der Waals surface area contributed by atoms with Gasteiger partial charge in [0, 0.05) is 13.1 Å². The highest BCUT2D eigenvalue weighted by Gasteiger charge is 2.24. The lowest BCUT2D eigenvalue weighted by molar-refractivity contribution is 0.124. The molecule has 0 aromatic heterocycles. The lowest BCUT2D eigenvalue weighted by Crippen LogP contribution is -2.39. The van der Waals surface area contributed by atoms with Crippen LogP contribution in [-0.4, -0.2) is 24.5 Å². The van der Waals surface area contributed by atoms with Crippen LogP contribution in [0.1, 0.15) is 46.0 Å². The van der Waals surface area contributed by atoms with Gasteiger partial charge in [-0.1, -0.05) is 39.2 Å². The summed E-state index contributed by atoms with van der Waals surface area (Å²) in [5.41, 5.74) is 0. The molecule has 0 aromatic rings. The van der Waals surface area contributed by atoms with Crippen molar-refractivity contribution in [1.29, 1.82) is 0 Å². The summed E-state index contributed by atoms with van der Waals surface area (Å²) in [6.45, 7) is 12.4. The summed E-state index contributed by atoms with van der Waals surface area (Å²) in [7, 11) is 0. The van der Waals surface area contributed by atoms with Crippen molar-refractivity contribution in [2.75, 3.05) is 19.6 Å². The summed E-state index contributed by atoms with van der Waals surface area (Å²) in [4.78, 5) is 2.61. The summed E-state index contributed by atoms with van der Waals surface area (Å²) in [6.07, 6.45) is 8.82. The second kappa shape index (κ2) is 7.05. The van der Waals surface area contributed by atoms with E-state index in [1.807, 2.05) is 6.08 Å². The smallest absolute Gasteiger partial charge is 0.00159 e. The Balaban J connectivity index is 2.24. The molecular weight excluding hydrogens is 182 g/mol. The molecule has 1 aliphatic rings. The SMILES string of the molecule is C=CCCN1CCC(CCCC)C(C)C1. The van der Waals surface area contributed by atoms with Gasteiger partial charge in [-0.05, 0) is 31.2 Å². The van der Waals surface area contributed by atoms with E-state index in [1.165, 1.54) is 45.3 Å². The van der Waals surface area contributed by atoms with Crippen LogP contribution in [0.4, 0.5) is 0 Å². The third-order valence-corrected chi connectivity index (χ3v) is 3.74. The van der Waals surface area contributed by atoms with E-state index in [1.54, 1.807) is 0 Å². The van der Waals surface area contributed by atoms with E-state index in [0.717, 1.165) is 18.3 Å². The van der Waals surface area contributed by atoms with Crippen LogP contribution in [0.15, 0.2) is 12.7 Å². The van der Waals surface area contributed by atoms with Crippen molar-refractivity contribution in [3.05, 3.63) is 12.7 Å². The zero-order chi connectivity index (χ0) is 11.1. The Bertz CT molecular complexity index is 176. The van der Waals surface area contributed by atoms with Crippen LogP contribution < -0.4 is 0 Å². The molecule has 1 heterocycles. The predicted octanol–water partition coefficient (Wildman–Crippen LogP) is 3.71. The Hall–Kier alpha value is -0.300. The number of unbranched alkanes of at least 4 members (excludes halogenated alkanes) is 1. The van der Waals surface area contributed by atoms with Gasteiger partial charge in [0.1, 0.15) is 0 Å². The lowest BCUT2D eigenvalue weighted by atomic mass is 9.83. The summed E-state index contributed by atoms with van der Waals surface area (Å²) < 4.78 is 0. The van der Waals surface area contributed by atoms with E-state index in [-0.39, 0.29) is 0 Å². The van der Waals surface area contributed by atoms with Gasteiger partial charge < -0.3 is 4.90 Å². The van der Waals surface area contributed by atoms with Crippen molar-refractivity contribution in [1.82, 2.24) is 4.90 Å². The van der Waals surface area contributed by atoms with E-state index >= 15 is 0 Å². The standard InChI is InChI=1S/C14H27N/c1-4-6-8-14-9-11-15(10-7-5-2)12-13(14)3/h5,13-14H,2,4,6-12H2,1,3H3. The fourth-order valence-corrected chi connectivity index (χ4v) is 2.65. The molecule has 15 heavy (non-hydrogen) atoms. The minimum atomic E-state index is 0.898. The van der Waals surface area contributed by atoms with Gasteiger partial charge in [0.05, 0.1) is 0 Å². The van der Waals surface area contributed by atoms with Gasteiger partial charge in [0.2, 0.25) is 0 Å². The van der Waals surface area contributed by atoms with Crippen LogP contribution in [0.2, 0.25) is 0 Å². The van der Waals surface area contributed by atoms with Gasteiger partial charge in [-0.15, -0.1) is 6.58 Å². The van der Waals surface area contributed by atoms with Gasteiger partial charge >= 0.3 is 0 Å². The molecule has 0 aromatic carbocycles. The normalized spacial score (nSPS) is 27.9. The summed E-state index contributed by atoms with van der Waals surface area (Å²) in [5, 5.41) is 0. The van der Waals surface area contributed by atoms with Crippen LogP contribution in [-0.2, 0) is 0 Å². The third kappa shape index (κ3) is 4.38. The Morgan fingerprint density at radius 1 is 1.47 bits per heavy atom. The second-order valence-electron chi connectivity index (χ2n) is 5.05. The fourth-order valence-electron chi connectivity index (χ4n) is 2.65. The first kappa shape index (κ1) is 12.8. The molecule has 1 rings (SSSR count). The maximum atomic E-state index is 3.79. The first-order chi connectivity index (χ1) is 7.27. The van der Waals surface area contributed by atoms with Crippen LogP contribution >= 0.6 is 0 Å². The van der Waals surface area contributed by atoms with Crippen LogP contribution in [0, 0.1) is 11.8 Å². The van der Waals surface area contributed by atoms with Crippen molar-refractivity contribution in [2.24, 2.45) is 11.8 Å². The van der Waals surface area contributed by atoms with Gasteiger partial charge in [-0.3, -0.25) is 0 Å². The Labute approximate surface area is 95.5 Å². The molecule has 1 saturated heterocycles. The topological polar surface area (TPSA) is 3.24 Å². The third-order valence-electron chi connectivity index (χ3n) is 3.74. The number of rotatable bonds is 6. The quantitative estimate of drug-likeness (QED) is 0.603. The molecule has 1 nitrogen and oxygen atoms in total. The van der Waals surface area contributed by atoms with Crippen molar-refractivity contribution >= 4 is 0 Å². The van der Waals surface area contributed by atoms with E-state index in [0.29, 0.717) is 0 Å². The molecule has 1 heteroatoms. The number of hydrogen-bond donors (Lipinski definition) is 0. The summed E-state index contributed by atoms with van der Waals surface area (Å²) in [6, 6.07) is 0. The molecule has 2 atom stereocenters. The molecule has 0 aliphatic carbocycles. The summed E-state index contributed by atoms with van der Waals surface area (Å²) >= 11 is 0. The molecule has 0 saturated carbocycles. The van der Waals surface area contributed by atoms with Crippen LogP contribution in [0.5, 0.6) is 0 Å². The average molecular weight is 209 g/mol. The monoisotopic (exact) mass is 209 g/mol. The summed E-state index contributed by atoms with van der Waals surface area (Å²) in [5.74, 6) is 1.89. The zero-order valence-corrected chi connectivity index (χ0v) is 10.5. The average Bonchev–Trinajstić information content (AvgIpc) is 2.25. The van der Waals surface area contributed by atoms with Gasteiger partial charge in [-0.2, -0.15) is 0 Å². The molecule has 0 amide bonds. The largest absolute Gasteiger partial charge is 0.303 e. The molecule has 1 aliphatic heterocycles. The van der Waals surface area contributed by atoms with E-state index in [9.17, 15) is 0 Å². The maximum Gasteiger partial charge on any atom is 0.00159 e. The maximum absolute atomic E-state index is 3.79.